The summed E-state index contributed by atoms with van der Waals surface area (Å²) >= 11 is 0. The first-order valence-corrected chi connectivity index (χ1v) is 11.7. The van der Waals surface area contributed by atoms with Crippen molar-refractivity contribution in [2.75, 3.05) is 44.3 Å². The predicted octanol–water partition coefficient (Wildman–Crippen LogP) is 1.02. The van der Waals surface area contributed by atoms with Gasteiger partial charge in [-0.1, -0.05) is 0 Å². The fourth-order valence-electron chi connectivity index (χ4n) is 5.74. The van der Waals surface area contributed by atoms with Crippen molar-refractivity contribution in [2.45, 2.75) is 48.8 Å². The molecule has 11 heteroatoms. The SMILES string of the molecule is O=C1CCC(c2c(F)cc(N3CC(OC(=O)NC45CC4(N4CCOCC4)C5)C3)cc2F)C(=O)N1. The molecule has 5 aliphatic rings. The van der Waals surface area contributed by atoms with E-state index < -0.39 is 35.5 Å². The maximum atomic E-state index is 14.7. The Morgan fingerprint density at radius 1 is 1.15 bits per heavy atom. The summed E-state index contributed by atoms with van der Waals surface area (Å²) in [6.07, 6.45) is 1.16. The van der Waals surface area contributed by atoms with E-state index in [0.717, 1.165) is 39.1 Å². The molecule has 0 bridgehead atoms. The molecule has 5 fully saturated rings. The van der Waals surface area contributed by atoms with E-state index in [1.165, 1.54) is 12.1 Å². The second-order valence-electron chi connectivity index (χ2n) is 9.95. The first-order valence-electron chi connectivity index (χ1n) is 11.7. The van der Waals surface area contributed by atoms with Crippen LogP contribution >= 0.6 is 0 Å². The van der Waals surface area contributed by atoms with E-state index in [1.807, 2.05) is 0 Å². The molecule has 0 aromatic heterocycles. The Bertz CT molecular complexity index is 1040. The summed E-state index contributed by atoms with van der Waals surface area (Å²) in [6, 6.07) is 2.37. The summed E-state index contributed by atoms with van der Waals surface area (Å²) in [6.45, 7) is 3.85. The summed E-state index contributed by atoms with van der Waals surface area (Å²) in [5.41, 5.74) is -0.108. The number of morpholine rings is 1. The van der Waals surface area contributed by atoms with Crippen molar-refractivity contribution in [3.8, 4) is 0 Å². The van der Waals surface area contributed by atoms with Crippen molar-refractivity contribution in [1.82, 2.24) is 15.5 Å². The Kier molecular flexibility index (Phi) is 4.86. The number of benzene rings is 1. The minimum atomic E-state index is -1.03. The van der Waals surface area contributed by atoms with E-state index in [-0.39, 0.29) is 35.6 Å². The van der Waals surface area contributed by atoms with Crippen LogP contribution in [0.5, 0.6) is 0 Å². The molecule has 2 aliphatic carbocycles. The van der Waals surface area contributed by atoms with Gasteiger partial charge in [0.05, 0.1) is 37.8 Å². The lowest BCUT2D eigenvalue weighted by molar-refractivity contribution is -0.134. The average Bonchev–Trinajstić information content (AvgIpc) is 3.59. The van der Waals surface area contributed by atoms with Crippen LogP contribution in [0.25, 0.3) is 0 Å². The van der Waals surface area contributed by atoms with Crippen LogP contribution in [0.1, 0.15) is 37.2 Å². The van der Waals surface area contributed by atoms with Gasteiger partial charge in [0, 0.05) is 36.3 Å². The van der Waals surface area contributed by atoms with E-state index in [2.05, 4.69) is 15.5 Å². The standard InChI is InChI=1S/C23H26F2N4O5/c24-16-7-13(8-17(25)19(16)15-1-2-18(30)26-20(15)31)28-9-14(10-28)34-21(32)27-22-11-23(22,12-22)29-3-5-33-6-4-29/h7-8,14-15H,1-6,9-12H2,(H,27,32)(H,26,30,31). The highest BCUT2D eigenvalue weighted by Gasteiger charge is 2.86. The summed E-state index contributed by atoms with van der Waals surface area (Å²) in [4.78, 5) is 39.8. The van der Waals surface area contributed by atoms with Gasteiger partial charge in [-0.15, -0.1) is 0 Å². The molecule has 3 amide bonds. The summed E-state index contributed by atoms with van der Waals surface area (Å²) in [5.74, 6) is -3.81. The maximum absolute atomic E-state index is 14.7. The number of rotatable bonds is 5. The summed E-state index contributed by atoms with van der Waals surface area (Å²) < 4.78 is 40.4. The number of piperidine rings is 1. The van der Waals surface area contributed by atoms with Gasteiger partial charge in [-0.05, 0) is 31.4 Å². The van der Waals surface area contributed by atoms with Crippen molar-refractivity contribution in [1.29, 1.82) is 0 Å². The van der Waals surface area contributed by atoms with Crippen LogP contribution in [0.15, 0.2) is 12.1 Å². The minimum absolute atomic E-state index is 0.0408. The predicted molar refractivity (Wildman–Crippen MR) is 114 cm³/mol. The Labute approximate surface area is 194 Å². The van der Waals surface area contributed by atoms with Crippen molar-refractivity contribution < 1.29 is 32.6 Å². The van der Waals surface area contributed by atoms with E-state index in [1.54, 1.807) is 4.90 Å². The monoisotopic (exact) mass is 476 g/mol. The van der Waals surface area contributed by atoms with Gasteiger partial charge in [-0.3, -0.25) is 19.8 Å². The zero-order chi connectivity index (χ0) is 23.7. The molecule has 0 radical (unpaired) electrons. The molecule has 0 spiro atoms. The molecule has 34 heavy (non-hydrogen) atoms. The number of fused-ring (bicyclic) bond motifs is 1. The van der Waals surface area contributed by atoms with E-state index in [0.29, 0.717) is 18.8 Å². The molecular formula is C23H26F2N4O5. The van der Waals surface area contributed by atoms with Crippen LogP contribution in [0, 0.1) is 11.6 Å². The Morgan fingerprint density at radius 3 is 2.47 bits per heavy atom. The summed E-state index contributed by atoms with van der Waals surface area (Å²) in [7, 11) is 0. The van der Waals surface area contributed by atoms with E-state index in [4.69, 9.17) is 9.47 Å². The Hall–Kier alpha value is -2.79. The number of amides is 3. The lowest BCUT2D eigenvalue weighted by atomic mass is 9.89. The molecule has 1 atom stereocenters. The lowest BCUT2D eigenvalue weighted by Gasteiger charge is -2.40. The third-order valence-corrected chi connectivity index (χ3v) is 7.93. The molecule has 1 aromatic carbocycles. The number of hydrogen-bond acceptors (Lipinski definition) is 7. The maximum Gasteiger partial charge on any atom is 0.408 e. The molecule has 3 saturated heterocycles. The second kappa shape index (κ2) is 7.61. The van der Waals surface area contributed by atoms with Crippen molar-refractivity contribution >= 4 is 23.6 Å². The number of carbonyl (C=O) groups is 3. The molecule has 9 nitrogen and oxygen atoms in total. The number of carbonyl (C=O) groups excluding carboxylic acids is 3. The zero-order valence-electron chi connectivity index (χ0n) is 18.6. The molecule has 3 aliphatic heterocycles. The number of nitrogens with one attached hydrogen (secondary N) is 2. The lowest BCUT2D eigenvalue weighted by Crippen LogP contribution is -2.54. The quantitative estimate of drug-likeness (QED) is 0.612. The largest absolute Gasteiger partial charge is 0.442 e. The van der Waals surface area contributed by atoms with Gasteiger partial charge in [0.1, 0.15) is 17.7 Å². The van der Waals surface area contributed by atoms with Crippen LogP contribution < -0.4 is 15.5 Å². The number of hydrogen-bond donors (Lipinski definition) is 2. The van der Waals surface area contributed by atoms with Gasteiger partial charge in [-0.2, -0.15) is 0 Å². The van der Waals surface area contributed by atoms with Gasteiger partial charge < -0.3 is 19.7 Å². The molecule has 6 rings (SSSR count). The third kappa shape index (κ3) is 3.44. The van der Waals surface area contributed by atoms with Gasteiger partial charge in [0.2, 0.25) is 11.8 Å². The van der Waals surface area contributed by atoms with Crippen molar-refractivity contribution in [2.24, 2.45) is 0 Å². The fraction of sp³-hybridized carbons (Fsp3) is 0.609. The van der Waals surface area contributed by atoms with Crippen LogP contribution in [0.2, 0.25) is 0 Å². The summed E-state index contributed by atoms with van der Waals surface area (Å²) in [5, 5.41) is 5.15. The number of ether oxygens (including phenoxy) is 2. The molecule has 2 N–H and O–H groups in total. The molecule has 182 valence electrons. The second-order valence-corrected chi connectivity index (χ2v) is 9.95. The highest BCUT2D eigenvalue weighted by atomic mass is 19.1. The van der Waals surface area contributed by atoms with E-state index in [9.17, 15) is 23.2 Å². The average molecular weight is 476 g/mol. The highest BCUT2D eigenvalue weighted by molar-refractivity contribution is 6.01. The van der Waals surface area contributed by atoms with Crippen LogP contribution in [-0.2, 0) is 19.1 Å². The smallest absolute Gasteiger partial charge is 0.408 e. The molecule has 3 heterocycles. The van der Waals surface area contributed by atoms with Crippen molar-refractivity contribution in [3.05, 3.63) is 29.3 Å². The van der Waals surface area contributed by atoms with Crippen LogP contribution in [0.3, 0.4) is 0 Å². The van der Waals surface area contributed by atoms with Crippen LogP contribution in [0.4, 0.5) is 19.3 Å². The normalized spacial score (nSPS) is 33.0. The number of halogens is 2. The third-order valence-electron chi connectivity index (χ3n) is 7.93. The molecule has 2 saturated carbocycles. The number of anilines is 1. The van der Waals surface area contributed by atoms with Gasteiger partial charge >= 0.3 is 6.09 Å². The number of imide groups is 1. The zero-order valence-corrected chi connectivity index (χ0v) is 18.6. The number of alkyl carbamates (subject to hydrolysis) is 1. The van der Waals surface area contributed by atoms with Crippen molar-refractivity contribution in [3.63, 3.8) is 0 Å². The van der Waals surface area contributed by atoms with Gasteiger partial charge in [-0.25, -0.2) is 13.6 Å². The molecule has 1 unspecified atom stereocenters. The topological polar surface area (TPSA) is 100 Å². The van der Waals surface area contributed by atoms with Gasteiger partial charge in [0.15, 0.2) is 0 Å². The Balaban J connectivity index is 1.02. The minimum Gasteiger partial charge on any atom is -0.442 e. The highest BCUT2D eigenvalue weighted by Crippen LogP contribution is 2.73. The first kappa shape index (κ1) is 21.7. The first-order chi connectivity index (χ1) is 16.3. The molecular weight excluding hydrogens is 450 g/mol. The van der Waals surface area contributed by atoms with Gasteiger partial charge in [0.25, 0.3) is 0 Å². The van der Waals surface area contributed by atoms with Crippen LogP contribution in [-0.4, -0.2) is 79.4 Å². The fourth-order valence-corrected chi connectivity index (χ4v) is 5.74. The Morgan fingerprint density at radius 2 is 1.82 bits per heavy atom. The number of nitrogens with zero attached hydrogens (tertiary/aromatic N) is 2. The molecule has 1 aromatic rings. The van der Waals surface area contributed by atoms with E-state index >= 15 is 0 Å².